The molecule has 23 heavy (non-hydrogen) atoms. The molecule has 0 radical (unpaired) electrons. The summed E-state index contributed by atoms with van der Waals surface area (Å²) < 4.78 is 11.1. The van der Waals surface area contributed by atoms with Crippen LogP contribution in [0, 0.1) is 0 Å². The Kier molecular flexibility index (Phi) is 6.28. The second-order valence-corrected chi connectivity index (χ2v) is 6.42. The van der Waals surface area contributed by atoms with Crippen molar-refractivity contribution in [2.24, 2.45) is 0 Å². The van der Waals surface area contributed by atoms with E-state index in [9.17, 15) is 5.11 Å². The van der Waals surface area contributed by atoms with Gasteiger partial charge in [0, 0.05) is 51.6 Å². The minimum Gasteiger partial charge on any atom is -0.389 e. The molecule has 2 aliphatic heterocycles. The van der Waals surface area contributed by atoms with Crippen LogP contribution < -0.4 is 4.90 Å². The Morgan fingerprint density at radius 1 is 1.09 bits per heavy atom. The first-order valence-electron chi connectivity index (χ1n) is 8.71. The summed E-state index contributed by atoms with van der Waals surface area (Å²) >= 11 is 0. The van der Waals surface area contributed by atoms with Gasteiger partial charge in [0.25, 0.3) is 0 Å². The quantitative estimate of drug-likeness (QED) is 0.858. The number of hydrogen-bond donors (Lipinski definition) is 1. The molecule has 0 aliphatic carbocycles. The van der Waals surface area contributed by atoms with Crippen molar-refractivity contribution in [3.05, 3.63) is 30.3 Å². The van der Waals surface area contributed by atoms with Crippen molar-refractivity contribution < 1.29 is 14.6 Å². The second kappa shape index (κ2) is 8.64. The molecule has 0 saturated carbocycles. The van der Waals surface area contributed by atoms with Crippen LogP contribution in [-0.4, -0.2) is 74.8 Å². The van der Waals surface area contributed by atoms with Gasteiger partial charge in [0.1, 0.15) is 0 Å². The fraction of sp³-hybridized carbons (Fsp3) is 0.667. The van der Waals surface area contributed by atoms with Gasteiger partial charge in [-0.3, -0.25) is 4.90 Å². The van der Waals surface area contributed by atoms with Crippen LogP contribution in [0.1, 0.15) is 12.8 Å². The van der Waals surface area contributed by atoms with E-state index in [1.54, 1.807) is 0 Å². The predicted octanol–water partition coefficient (Wildman–Crippen LogP) is 1.37. The Morgan fingerprint density at radius 2 is 1.78 bits per heavy atom. The predicted molar refractivity (Wildman–Crippen MR) is 90.9 cm³/mol. The van der Waals surface area contributed by atoms with Crippen LogP contribution in [0.2, 0.25) is 0 Å². The Balaban J connectivity index is 1.35. The summed E-state index contributed by atoms with van der Waals surface area (Å²) in [6, 6.07) is 10.5. The molecule has 1 unspecified atom stereocenters. The first-order chi connectivity index (χ1) is 11.3. The summed E-state index contributed by atoms with van der Waals surface area (Å²) in [5.74, 6) is 0. The highest BCUT2D eigenvalue weighted by Gasteiger charge is 2.21. The summed E-state index contributed by atoms with van der Waals surface area (Å²) in [4.78, 5) is 4.73. The van der Waals surface area contributed by atoms with E-state index in [2.05, 4.69) is 40.1 Å². The highest BCUT2D eigenvalue weighted by molar-refractivity contribution is 5.46. The molecule has 1 atom stereocenters. The minimum atomic E-state index is -0.402. The highest BCUT2D eigenvalue weighted by atomic mass is 16.5. The molecule has 1 aromatic rings. The molecule has 0 bridgehead atoms. The van der Waals surface area contributed by atoms with Crippen LogP contribution in [0.5, 0.6) is 0 Å². The minimum absolute atomic E-state index is 0.258. The molecule has 2 aliphatic rings. The number of anilines is 1. The zero-order valence-corrected chi connectivity index (χ0v) is 13.8. The van der Waals surface area contributed by atoms with E-state index >= 15 is 0 Å². The maximum absolute atomic E-state index is 10.2. The number of piperazine rings is 1. The lowest BCUT2D eigenvalue weighted by Gasteiger charge is -2.37. The molecular weight excluding hydrogens is 292 g/mol. The van der Waals surface area contributed by atoms with Gasteiger partial charge in [0.2, 0.25) is 0 Å². The van der Waals surface area contributed by atoms with E-state index in [4.69, 9.17) is 9.47 Å². The number of nitrogens with zero attached hydrogens (tertiary/aromatic N) is 2. The average molecular weight is 320 g/mol. The van der Waals surface area contributed by atoms with Crippen LogP contribution in [0.15, 0.2) is 30.3 Å². The van der Waals surface area contributed by atoms with Crippen molar-refractivity contribution >= 4 is 5.69 Å². The molecule has 0 amide bonds. The largest absolute Gasteiger partial charge is 0.389 e. The smallest absolute Gasteiger partial charge is 0.0900 e. The summed E-state index contributed by atoms with van der Waals surface area (Å²) in [5.41, 5.74) is 1.29. The number of ether oxygens (including phenoxy) is 2. The van der Waals surface area contributed by atoms with Crippen molar-refractivity contribution in [2.45, 2.75) is 25.0 Å². The standard InChI is InChI=1S/C18H28N2O3/c21-17(15-23-18-6-12-22-13-7-18)14-19-8-10-20(11-9-19)16-4-2-1-3-5-16/h1-5,17-18,21H,6-15H2. The van der Waals surface area contributed by atoms with Crippen molar-refractivity contribution in [1.82, 2.24) is 4.90 Å². The van der Waals surface area contributed by atoms with Gasteiger partial charge in [0.05, 0.1) is 18.8 Å². The van der Waals surface area contributed by atoms with Crippen LogP contribution >= 0.6 is 0 Å². The summed E-state index contributed by atoms with van der Waals surface area (Å²) in [6.45, 7) is 6.70. The van der Waals surface area contributed by atoms with E-state index < -0.39 is 6.10 Å². The van der Waals surface area contributed by atoms with Gasteiger partial charge in [-0.25, -0.2) is 0 Å². The van der Waals surface area contributed by atoms with E-state index in [0.717, 1.165) is 52.2 Å². The summed E-state index contributed by atoms with van der Waals surface area (Å²) in [6.07, 6.45) is 1.75. The Hall–Kier alpha value is -1.14. The van der Waals surface area contributed by atoms with E-state index in [1.165, 1.54) is 5.69 Å². The van der Waals surface area contributed by atoms with Gasteiger partial charge in [-0.05, 0) is 25.0 Å². The summed E-state index contributed by atoms with van der Waals surface area (Å²) in [7, 11) is 0. The SMILES string of the molecule is OC(COC1CCOCC1)CN1CCN(c2ccccc2)CC1. The molecule has 5 nitrogen and oxygen atoms in total. The molecule has 2 fully saturated rings. The topological polar surface area (TPSA) is 45.2 Å². The Bertz CT molecular complexity index is 443. The molecule has 1 aromatic carbocycles. The van der Waals surface area contributed by atoms with Crippen LogP contribution in [0.3, 0.4) is 0 Å². The number of rotatable bonds is 6. The lowest BCUT2D eigenvalue weighted by molar-refractivity contribution is -0.0642. The highest BCUT2D eigenvalue weighted by Crippen LogP contribution is 2.16. The first kappa shape index (κ1) is 16.7. The fourth-order valence-corrected chi connectivity index (χ4v) is 3.27. The zero-order valence-electron chi connectivity index (χ0n) is 13.8. The van der Waals surface area contributed by atoms with Gasteiger partial charge in [-0.1, -0.05) is 18.2 Å². The number of β-amino-alcohol motifs (C(OH)–C–C–N with tert-alkyl or cyclic N) is 1. The molecule has 5 heteroatoms. The molecule has 2 heterocycles. The molecule has 1 N–H and O–H groups in total. The third kappa shape index (κ3) is 5.18. The summed E-state index contributed by atoms with van der Waals surface area (Å²) in [5, 5.41) is 10.2. The Labute approximate surface area is 138 Å². The second-order valence-electron chi connectivity index (χ2n) is 6.42. The van der Waals surface area contributed by atoms with Gasteiger partial charge < -0.3 is 19.5 Å². The van der Waals surface area contributed by atoms with Crippen molar-refractivity contribution in [2.75, 3.05) is 57.4 Å². The number of aliphatic hydroxyl groups is 1. The third-order valence-electron chi connectivity index (χ3n) is 4.66. The van der Waals surface area contributed by atoms with Gasteiger partial charge in [-0.2, -0.15) is 0 Å². The molecule has 2 saturated heterocycles. The number of para-hydroxylation sites is 1. The lowest BCUT2D eigenvalue weighted by Crippen LogP contribution is -2.49. The van der Waals surface area contributed by atoms with E-state index in [-0.39, 0.29) is 6.10 Å². The van der Waals surface area contributed by atoms with Crippen molar-refractivity contribution in [1.29, 1.82) is 0 Å². The maximum atomic E-state index is 10.2. The van der Waals surface area contributed by atoms with Crippen LogP contribution in [0.25, 0.3) is 0 Å². The van der Waals surface area contributed by atoms with Crippen LogP contribution in [-0.2, 0) is 9.47 Å². The van der Waals surface area contributed by atoms with Crippen LogP contribution in [0.4, 0.5) is 5.69 Å². The lowest BCUT2D eigenvalue weighted by atomic mass is 10.1. The fourth-order valence-electron chi connectivity index (χ4n) is 3.27. The Morgan fingerprint density at radius 3 is 2.48 bits per heavy atom. The maximum Gasteiger partial charge on any atom is 0.0900 e. The van der Waals surface area contributed by atoms with Crippen molar-refractivity contribution in [3.63, 3.8) is 0 Å². The van der Waals surface area contributed by atoms with E-state index in [1.807, 2.05) is 0 Å². The van der Waals surface area contributed by atoms with Crippen molar-refractivity contribution in [3.8, 4) is 0 Å². The molecule has 128 valence electrons. The monoisotopic (exact) mass is 320 g/mol. The average Bonchev–Trinajstić information content (AvgIpc) is 2.62. The molecule has 3 rings (SSSR count). The first-order valence-corrected chi connectivity index (χ1v) is 8.71. The zero-order chi connectivity index (χ0) is 15.9. The normalized spacial score (nSPS) is 22.2. The van der Waals surface area contributed by atoms with Gasteiger partial charge in [0.15, 0.2) is 0 Å². The molecular formula is C18H28N2O3. The van der Waals surface area contributed by atoms with Gasteiger partial charge in [-0.15, -0.1) is 0 Å². The number of aliphatic hydroxyl groups excluding tert-OH is 1. The van der Waals surface area contributed by atoms with Gasteiger partial charge >= 0.3 is 0 Å². The molecule has 0 spiro atoms. The van der Waals surface area contributed by atoms with E-state index in [0.29, 0.717) is 13.2 Å². The number of benzene rings is 1. The number of hydrogen-bond acceptors (Lipinski definition) is 5. The molecule has 0 aromatic heterocycles. The third-order valence-corrected chi connectivity index (χ3v) is 4.66.